The van der Waals surface area contributed by atoms with Crippen molar-refractivity contribution in [2.75, 3.05) is 5.43 Å². The monoisotopic (exact) mass is 381 g/mol. The molecule has 6 nitrogen and oxygen atoms in total. The van der Waals surface area contributed by atoms with Crippen LogP contribution in [0.25, 0.3) is 5.82 Å². The Morgan fingerprint density at radius 3 is 2.62 bits per heavy atom. The molecule has 0 aliphatic heterocycles. The third-order valence-electron chi connectivity index (χ3n) is 3.34. The van der Waals surface area contributed by atoms with E-state index < -0.39 is 17.6 Å². The van der Waals surface area contributed by atoms with Crippen LogP contribution in [0.3, 0.4) is 0 Å². The van der Waals surface area contributed by atoms with Crippen LogP contribution < -0.4 is 10.9 Å². The third kappa shape index (κ3) is 3.77. The van der Waals surface area contributed by atoms with Gasteiger partial charge in [0.2, 0.25) is 0 Å². The van der Waals surface area contributed by atoms with Crippen molar-refractivity contribution >= 4 is 23.3 Å². The maximum atomic E-state index is 12.6. The molecule has 0 aromatic carbocycles. The maximum absolute atomic E-state index is 12.6. The van der Waals surface area contributed by atoms with Gasteiger partial charge in [0.15, 0.2) is 5.82 Å². The first-order valence-electron chi connectivity index (χ1n) is 7.24. The predicted octanol–water partition coefficient (Wildman–Crippen LogP) is 3.70. The summed E-state index contributed by atoms with van der Waals surface area (Å²) in [6.45, 7) is 0. The SMILES string of the molecule is O=C(NNc1ncc(C(F)(F)F)cc1Cl)c1cccn1-c1ccccn1. The fourth-order valence-corrected chi connectivity index (χ4v) is 2.34. The molecule has 2 N–H and O–H groups in total. The summed E-state index contributed by atoms with van der Waals surface area (Å²) in [5.41, 5.74) is 4.04. The molecule has 0 aliphatic rings. The van der Waals surface area contributed by atoms with E-state index in [1.165, 1.54) is 0 Å². The number of anilines is 1. The van der Waals surface area contributed by atoms with Gasteiger partial charge in [-0.2, -0.15) is 13.2 Å². The summed E-state index contributed by atoms with van der Waals surface area (Å²) in [6, 6.07) is 9.18. The van der Waals surface area contributed by atoms with Gasteiger partial charge >= 0.3 is 6.18 Å². The second-order valence-corrected chi connectivity index (χ2v) is 5.49. The van der Waals surface area contributed by atoms with Gasteiger partial charge < -0.3 is 0 Å². The molecule has 0 atom stereocenters. The third-order valence-corrected chi connectivity index (χ3v) is 3.63. The smallest absolute Gasteiger partial charge is 0.297 e. The Hall–Kier alpha value is -3.07. The lowest BCUT2D eigenvalue weighted by molar-refractivity contribution is -0.137. The first-order chi connectivity index (χ1) is 12.4. The minimum atomic E-state index is -4.55. The second kappa shape index (κ2) is 7.04. The number of hydrogen-bond acceptors (Lipinski definition) is 4. The van der Waals surface area contributed by atoms with Gasteiger partial charge in [0.1, 0.15) is 11.5 Å². The molecule has 3 rings (SSSR count). The number of halogens is 4. The van der Waals surface area contributed by atoms with Crippen molar-refractivity contribution in [2.45, 2.75) is 6.18 Å². The minimum absolute atomic E-state index is 0.107. The largest absolute Gasteiger partial charge is 0.417 e. The Morgan fingerprint density at radius 1 is 1.15 bits per heavy atom. The van der Waals surface area contributed by atoms with Crippen LogP contribution >= 0.6 is 11.6 Å². The average molecular weight is 382 g/mol. The van der Waals surface area contributed by atoms with E-state index in [4.69, 9.17) is 11.6 Å². The van der Waals surface area contributed by atoms with E-state index in [1.54, 1.807) is 47.3 Å². The summed E-state index contributed by atoms with van der Waals surface area (Å²) < 4.78 is 39.4. The zero-order valence-corrected chi connectivity index (χ0v) is 13.7. The minimum Gasteiger partial charge on any atom is -0.297 e. The summed E-state index contributed by atoms with van der Waals surface area (Å²) in [5.74, 6) is -0.115. The average Bonchev–Trinajstić information content (AvgIpc) is 3.10. The fourth-order valence-electron chi connectivity index (χ4n) is 2.13. The zero-order valence-electron chi connectivity index (χ0n) is 13.0. The van der Waals surface area contributed by atoms with Crippen LogP contribution in [0.5, 0.6) is 0 Å². The normalized spacial score (nSPS) is 11.2. The van der Waals surface area contributed by atoms with Crippen molar-refractivity contribution in [2.24, 2.45) is 0 Å². The van der Waals surface area contributed by atoms with E-state index in [9.17, 15) is 18.0 Å². The first-order valence-corrected chi connectivity index (χ1v) is 7.62. The fraction of sp³-hybridized carbons (Fsp3) is 0.0625. The zero-order chi connectivity index (χ0) is 18.7. The lowest BCUT2D eigenvalue weighted by atomic mass is 10.3. The molecule has 3 aromatic heterocycles. The van der Waals surface area contributed by atoms with E-state index in [-0.39, 0.29) is 16.5 Å². The summed E-state index contributed by atoms with van der Waals surface area (Å²) >= 11 is 5.78. The highest BCUT2D eigenvalue weighted by molar-refractivity contribution is 6.33. The number of alkyl halides is 3. The molecule has 0 saturated carbocycles. The topological polar surface area (TPSA) is 71.8 Å². The number of amides is 1. The summed E-state index contributed by atoms with van der Waals surface area (Å²) in [5, 5.41) is -0.278. The van der Waals surface area contributed by atoms with E-state index in [2.05, 4.69) is 20.8 Å². The van der Waals surface area contributed by atoms with Gasteiger partial charge in [-0.1, -0.05) is 17.7 Å². The van der Waals surface area contributed by atoms with Crippen LogP contribution in [-0.4, -0.2) is 20.4 Å². The van der Waals surface area contributed by atoms with Gasteiger partial charge in [-0.05, 0) is 30.3 Å². The maximum Gasteiger partial charge on any atom is 0.417 e. The van der Waals surface area contributed by atoms with Gasteiger partial charge in [0.25, 0.3) is 5.91 Å². The predicted molar refractivity (Wildman–Crippen MR) is 88.9 cm³/mol. The van der Waals surface area contributed by atoms with Gasteiger partial charge in [-0.25, -0.2) is 9.97 Å². The number of aromatic nitrogens is 3. The van der Waals surface area contributed by atoms with Gasteiger partial charge in [-0.3, -0.25) is 20.2 Å². The molecule has 0 spiro atoms. The van der Waals surface area contributed by atoms with Crippen molar-refractivity contribution in [3.8, 4) is 5.82 Å². The standard InChI is InChI=1S/C16H11ClF3N5O/c17-11-8-10(16(18,19)20)9-22-14(11)23-24-15(26)12-4-3-7-25(12)13-5-1-2-6-21-13/h1-9H,(H,22,23)(H,24,26). The number of carbonyl (C=O) groups excluding carboxylic acids is 1. The Morgan fingerprint density at radius 2 is 1.96 bits per heavy atom. The van der Waals surface area contributed by atoms with Crippen molar-refractivity contribution in [1.29, 1.82) is 0 Å². The van der Waals surface area contributed by atoms with E-state index in [1.807, 2.05) is 0 Å². The van der Waals surface area contributed by atoms with Crippen LogP contribution in [0.2, 0.25) is 5.02 Å². The molecule has 134 valence electrons. The Kier molecular flexibility index (Phi) is 4.81. The number of hydrazine groups is 1. The van der Waals surface area contributed by atoms with E-state index >= 15 is 0 Å². The van der Waals surface area contributed by atoms with Crippen LogP contribution in [0, 0.1) is 0 Å². The van der Waals surface area contributed by atoms with Crippen LogP contribution in [0.1, 0.15) is 16.1 Å². The lowest BCUT2D eigenvalue weighted by Gasteiger charge is -2.12. The molecule has 0 radical (unpaired) electrons. The highest BCUT2D eigenvalue weighted by Crippen LogP contribution is 2.32. The van der Waals surface area contributed by atoms with Crippen molar-refractivity contribution < 1.29 is 18.0 Å². The molecule has 0 bridgehead atoms. The Balaban J connectivity index is 1.74. The van der Waals surface area contributed by atoms with Crippen LogP contribution in [0.4, 0.5) is 19.0 Å². The highest BCUT2D eigenvalue weighted by Gasteiger charge is 2.31. The van der Waals surface area contributed by atoms with Gasteiger partial charge in [0, 0.05) is 18.6 Å². The molecule has 0 unspecified atom stereocenters. The number of nitrogens with zero attached hydrogens (tertiary/aromatic N) is 3. The number of carbonyl (C=O) groups is 1. The molecule has 1 amide bonds. The molecular weight excluding hydrogens is 371 g/mol. The molecule has 3 aromatic rings. The van der Waals surface area contributed by atoms with E-state index in [0.717, 1.165) is 6.07 Å². The second-order valence-electron chi connectivity index (χ2n) is 5.08. The number of hydrogen-bond donors (Lipinski definition) is 2. The number of nitrogens with one attached hydrogen (secondary N) is 2. The van der Waals surface area contributed by atoms with Gasteiger partial charge in [0.05, 0.1) is 10.6 Å². The Labute approximate surface area is 150 Å². The quantitative estimate of drug-likeness (QED) is 0.676. The molecule has 26 heavy (non-hydrogen) atoms. The van der Waals surface area contributed by atoms with Gasteiger partial charge in [-0.15, -0.1) is 0 Å². The summed E-state index contributed by atoms with van der Waals surface area (Å²) in [7, 11) is 0. The van der Waals surface area contributed by atoms with Crippen molar-refractivity contribution in [3.05, 3.63) is 71.3 Å². The van der Waals surface area contributed by atoms with Crippen LogP contribution in [-0.2, 0) is 6.18 Å². The lowest BCUT2D eigenvalue weighted by Crippen LogP contribution is -2.31. The molecule has 3 heterocycles. The highest BCUT2D eigenvalue weighted by atomic mass is 35.5. The molecular formula is C16H11ClF3N5O. The van der Waals surface area contributed by atoms with Crippen molar-refractivity contribution in [3.63, 3.8) is 0 Å². The summed E-state index contributed by atoms with van der Waals surface area (Å²) in [4.78, 5) is 20.1. The van der Waals surface area contributed by atoms with Crippen molar-refractivity contribution in [1.82, 2.24) is 20.0 Å². The number of pyridine rings is 2. The van der Waals surface area contributed by atoms with E-state index in [0.29, 0.717) is 12.0 Å². The molecule has 0 saturated heterocycles. The molecule has 0 fully saturated rings. The first kappa shape index (κ1) is 17.7. The summed E-state index contributed by atoms with van der Waals surface area (Å²) in [6.07, 6.45) is -0.694. The molecule has 0 aliphatic carbocycles. The Bertz CT molecular complexity index is 927. The molecule has 10 heteroatoms. The number of rotatable bonds is 4. The van der Waals surface area contributed by atoms with Crippen LogP contribution in [0.15, 0.2) is 55.0 Å².